The van der Waals surface area contributed by atoms with Gasteiger partial charge in [-0.15, -0.1) is 0 Å². The Morgan fingerprint density at radius 1 is 1.00 bits per heavy atom. The van der Waals surface area contributed by atoms with Gasteiger partial charge in [-0.25, -0.2) is 15.0 Å². The second-order valence-corrected chi connectivity index (χ2v) is 5.31. The lowest BCUT2D eigenvalue weighted by atomic mass is 10.2. The van der Waals surface area contributed by atoms with Gasteiger partial charge in [-0.3, -0.25) is 9.78 Å². The first-order valence-corrected chi connectivity index (χ1v) is 7.73. The van der Waals surface area contributed by atoms with Crippen LogP contribution in [0, 0.1) is 0 Å². The van der Waals surface area contributed by atoms with Crippen LogP contribution in [0.1, 0.15) is 5.69 Å². The average Bonchev–Trinajstić information content (AvgIpc) is 2.67. The van der Waals surface area contributed by atoms with E-state index in [1.54, 1.807) is 18.2 Å². The molecule has 0 saturated carbocycles. The number of hydrogen-bond donors (Lipinski definition) is 2. The highest BCUT2D eigenvalue weighted by atomic mass is 19.4. The lowest BCUT2D eigenvalue weighted by Gasteiger charge is -2.12. The number of amides is 1. The summed E-state index contributed by atoms with van der Waals surface area (Å²) in [6.45, 7) is -0.291. The highest BCUT2D eigenvalue weighted by Gasteiger charge is 2.33. The third kappa shape index (κ3) is 4.97. The molecule has 0 unspecified atom stereocenters. The molecule has 10 heteroatoms. The van der Waals surface area contributed by atoms with Crippen molar-refractivity contribution in [1.82, 2.24) is 19.9 Å². The van der Waals surface area contributed by atoms with E-state index in [1.807, 2.05) is 0 Å². The maximum Gasteiger partial charge on any atom is 0.433 e. The summed E-state index contributed by atoms with van der Waals surface area (Å²) in [5.41, 5.74) is -0.742. The fraction of sp³-hybridized carbons (Fsp3) is 0.118. The largest absolute Gasteiger partial charge is 0.433 e. The number of carbonyl (C=O) groups is 1. The molecule has 0 saturated heterocycles. The smallest absolute Gasteiger partial charge is 0.361 e. The zero-order valence-electron chi connectivity index (χ0n) is 13.7. The number of aromatic nitrogens is 4. The van der Waals surface area contributed by atoms with Crippen LogP contribution in [0.5, 0.6) is 0 Å². The van der Waals surface area contributed by atoms with Crippen LogP contribution in [0.2, 0.25) is 0 Å². The van der Waals surface area contributed by atoms with Crippen molar-refractivity contribution in [2.75, 3.05) is 17.2 Å². The van der Waals surface area contributed by atoms with Crippen LogP contribution in [0.3, 0.4) is 0 Å². The molecule has 3 aromatic rings. The molecular formula is C17H13F3N6O. The summed E-state index contributed by atoms with van der Waals surface area (Å²) < 4.78 is 39.4. The predicted octanol–water partition coefficient (Wildman–Crippen LogP) is 3.00. The molecule has 0 aromatic carbocycles. The van der Waals surface area contributed by atoms with Crippen molar-refractivity contribution in [3.63, 3.8) is 0 Å². The highest BCUT2D eigenvalue weighted by Crippen LogP contribution is 2.30. The molecule has 0 aliphatic carbocycles. The Bertz CT molecular complexity index is 919. The maximum absolute atomic E-state index is 13.1. The Balaban J connectivity index is 1.79. The van der Waals surface area contributed by atoms with Crippen LogP contribution in [0.4, 0.5) is 24.8 Å². The summed E-state index contributed by atoms with van der Waals surface area (Å²) in [5.74, 6) is -0.396. The Morgan fingerprint density at radius 3 is 2.44 bits per heavy atom. The molecule has 3 rings (SSSR count). The van der Waals surface area contributed by atoms with Crippen molar-refractivity contribution in [3.05, 3.63) is 60.7 Å². The van der Waals surface area contributed by atoms with Crippen LogP contribution in [-0.4, -0.2) is 32.4 Å². The van der Waals surface area contributed by atoms with Crippen molar-refractivity contribution in [3.8, 4) is 11.4 Å². The second-order valence-electron chi connectivity index (χ2n) is 5.31. The minimum absolute atomic E-state index is 0.125. The molecule has 2 N–H and O–H groups in total. The number of anilines is 2. The van der Waals surface area contributed by atoms with Crippen LogP contribution in [0.15, 0.2) is 55.0 Å². The first-order chi connectivity index (χ1) is 12.9. The molecule has 3 heterocycles. The van der Waals surface area contributed by atoms with Gasteiger partial charge in [0.2, 0.25) is 5.91 Å². The van der Waals surface area contributed by atoms with Crippen molar-refractivity contribution in [2.24, 2.45) is 0 Å². The number of alkyl halides is 3. The molecule has 3 aromatic heterocycles. The summed E-state index contributed by atoms with van der Waals surface area (Å²) in [4.78, 5) is 27.3. The first kappa shape index (κ1) is 18.2. The average molecular weight is 374 g/mol. The summed E-state index contributed by atoms with van der Waals surface area (Å²) in [6, 6.07) is 8.70. The molecule has 0 atom stereocenters. The fourth-order valence-corrected chi connectivity index (χ4v) is 2.11. The van der Waals surface area contributed by atoms with Crippen molar-refractivity contribution in [1.29, 1.82) is 0 Å². The van der Waals surface area contributed by atoms with Gasteiger partial charge < -0.3 is 10.6 Å². The number of carbonyl (C=O) groups excluding carboxylic acids is 1. The van der Waals surface area contributed by atoms with Gasteiger partial charge in [-0.05, 0) is 24.3 Å². The van der Waals surface area contributed by atoms with Gasteiger partial charge in [-0.1, -0.05) is 6.07 Å². The first-order valence-electron chi connectivity index (χ1n) is 7.73. The van der Waals surface area contributed by atoms with Gasteiger partial charge in [0.1, 0.15) is 11.6 Å². The zero-order valence-corrected chi connectivity index (χ0v) is 13.7. The molecule has 0 aliphatic rings. The quantitative estimate of drug-likeness (QED) is 0.713. The van der Waals surface area contributed by atoms with E-state index in [0.717, 1.165) is 6.07 Å². The Kier molecular flexibility index (Phi) is 5.25. The fourth-order valence-electron chi connectivity index (χ4n) is 2.11. The Labute approximate surface area is 151 Å². The van der Waals surface area contributed by atoms with E-state index in [1.165, 1.54) is 30.7 Å². The summed E-state index contributed by atoms with van der Waals surface area (Å²) in [7, 11) is 0. The molecule has 0 aliphatic heterocycles. The second kappa shape index (κ2) is 7.77. The monoisotopic (exact) mass is 374 g/mol. The number of halogens is 3. The minimum Gasteiger partial charge on any atom is -0.361 e. The van der Waals surface area contributed by atoms with Crippen LogP contribution in [0.25, 0.3) is 11.4 Å². The predicted molar refractivity (Wildman–Crippen MR) is 91.6 cm³/mol. The van der Waals surface area contributed by atoms with E-state index in [0.29, 0.717) is 11.4 Å². The van der Waals surface area contributed by atoms with E-state index in [9.17, 15) is 18.0 Å². The summed E-state index contributed by atoms with van der Waals surface area (Å²) >= 11 is 0. The minimum atomic E-state index is -4.66. The molecule has 0 radical (unpaired) electrons. The SMILES string of the molecule is O=C(CNc1cc(C(F)(F)F)nc(-c2ccncc2)n1)Nc1ccccn1. The zero-order chi connectivity index (χ0) is 19.3. The van der Waals surface area contributed by atoms with Crippen molar-refractivity contribution < 1.29 is 18.0 Å². The third-order valence-electron chi connectivity index (χ3n) is 3.32. The highest BCUT2D eigenvalue weighted by molar-refractivity contribution is 5.92. The molecule has 138 valence electrons. The normalized spacial score (nSPS) is 11.1. The van der Waals surface area contributed by atoms with E-state index in [-0.39, 0.29) is 18.2 Å². The molecule has 1 amide bonds. The Morgan fingerprint density at radius 2 is 1.78 bits per heavy atom. The number of nitrogens with one attached hydrogen (secondary N) is 2. The van der Waals surface area contributed by atoms with Crippen molar-refractivity contribution in [2.45, 2.75) is 6.18 Å². The summed E-state index contributed by atoms with van der Waals surface area (Å²) in [6.07, 6.45) is -0.305. The molecule has 27 heavy (non-hydrogen) atoms. The van der Waals surface area contributed by atoms with E-state index < -0.39 is 17.8 Å². The standard InChI is InChI=1S/C17H13F3N6O/c18-17(19,20)12-9-14(26-16(24-12)11-4-7-21-8-5-11)23-10-15(27)25-13-3-1-2-6-22-13/h1-9H,10H2,(H,22,25,27)(H,23,24,26). The number of nitrogens with zero attached hydrogens (tertiary/aromatic N) is 4. The molecule has 0 bridgehead atoms. The number of hydrogen-bond acceptors (Lipinski definition) is 6. The van der Waals surface area contributed by atoms with E-state index in [4.69, 9.17) is 0 Å². The van der Waals surface area contributed by atoms with Gasteiger partial charge in [0.25, 0.3) is 0 Å². The van der Waals surface area contributed by atoms with E-state index >= 15 is 0 Å². The van der Waals surface area contributed by atoms with Gasteiger partial charge in [0.15, 0.2) is 11.5 Å². The van der Waals surface area contributed by atoms with Crippen LogP contribution < -0.4 is 10.6 Å². The van der Waals surface area contributed by atoms with Gasteiger partial charge in [-0.2, -0.15) is 13.2 Å². The Hall–Kier alpha value is -3.56. The third-order valence-corrected chi connectivity index (χ3v) is 3.32. The number of pyridine rings is 2. The topological polar surface area (TPSA) is 92.7 Å². The van der Waals surface area contributed by atoms with Gasteiger partial charge in [0.05, 0.1) is 6.54 Å². The van der Waals surface area contributed by atoms with Crippen LogP contribution >= 0.6 is 0 Å². The van der Waals surface area contributed by atoms with Gasteiger partial charge in [0, 0.05) is 30.2 Å². The van der Waals surface area contributed by atoms with Crippen molar-refractivity contribution >= 4 is 17.5 Å². The summed E-state index contributed by atoms with van der Waals surface area (Å²) in [5, 5.41) is 5.10. The lowest BCUT2D eigenvalue weighted by molar-refractivity contribution is -0.141. The van der Waals surface area contributed by atoms with E-state index in [2.05, 4.69) is 30.6 Å². The molecular weight excluding hydrogens is 361 g/mol. The van der Waals surface area contributed by atoms with Crippen LogP contribution in [-0.2, 0) is 11.0 Å². The molecule has 7 nitrogen and oxygen atoms in total. The molecule has 0 fully saturated rings. The lowest BCUT2D eigenvalue weighted by Crippen LogP contribution is -2.23. The number of rotatable bonds is 5. The molecule has 0 spiro atoms. The maximum atomic E-state index is 13.1. The van der Waals surface area contributed by atoms with Gasteiger partial charge >= 0.3 is 6.18 Å².